The van der Waals surface area contributed by atoms with Gasteiger partial charge in [0.25, 0.3) is 0 Å². The van der Waals surface area contributed by atoms with Crippen LogP contribution in [0.5, 0.6) is 5.88 Å². The zero-order valence-corrected chi connectivity index (χ0v) is 26.5. The summed E-state index contributed by atoms with van der Waals surface area (Å²) in [7, 11) is -1.26. The molecule has 0 bridgehead atoms. The topological polar surface area (TPSA) is 139 Å². The van der Waals surface area contributed by atoms with Gasteiger partial charge < -0.3 is 34.7 Å². The third-order valence-corrected chi connectivity index (χ3v) is 9.10. The summed E-state index contributed by atoms with van der Waals surface area (Å²) in [6.45, 7) is 5.89. The lowest BCUT2D eigenvalue weighted by molar-refractivity contribution is -0.142. The quantitative estimate of drug-likeness (QED) is 0.333. The minimum Gasteiger partial charge on any atom is -0.472 e. The number of rotatable bonds is 7. The molecule has 6 rings (SSSR count). The molecule has 1 aromatic heterocycles. The van der Waals surface area contributed by atoms with Gasteiger partial charge in [0.15, 0.2) is 0 Å². The summed E-state index contributed by atoms with van der Waals surface area (Å²) in [6, 6.07) is 15.1. The minimum atomic E-state index is -1.26. The van der Waals surface area contributed by atoms with E-state index in [1.807, 2.05) is 75.4 Å². The smallest absolute Gasteiger partial charge is 0.472 e. The Morgan fingerprint density at radius 1 is 1.04 bits per heavy atom. The monoisotopic (exact) mass is 628 g/mol. The number of amides is 3. The van der Waals surface area contributed by atoms with E-state index in [0.717, 1.165) is 47.6 Å². The highest BCUT2D eigenvalue weighted by Crippen LogP contribution is 2.32. The molecule has 1 saturated carbocycles. The van der Waals surface area contributed by atoms with Gasteiger partial charge in [-0.2, -0.15) is 0 Å². The zero-order chi connectivity index (χ0) is 32.4. The van der Waals surface area contributed by atoms with E-state index >= 15 is 0 Å². The van der Waals surface area contributed by atoms with Crippen molar-refractivity contribution in [3.8, 4) is 5.88 Å². The minimum absolute atomic E-state index is 0.0913. The molecule has 4 atom stereocenters. The van der Waals surface area contributed by atoms with Gasteiger partial charge in [0, 0.05) is 18.0 Å². The first-order valence-corrected chi connectivity index (χ1v) is 16.0. The number of fused-ring (bicyclic) bond motifs is 2. The van der Waals surface area contributed by atoms with Gasteiger partial charge in [-0.1, -0.05) is 63.2 Å². The lowest BCUT2D eigenvalue weighted by Crippen LogP contribution is -2.58. The lowest BCUT2D eigenvalue weighted by Gasteiger charge is -2.36. The summed E-state index contributed by atoms with van der Waals surface area (Å²) in [5.74, 6) is -1.30. The first-order chi connectivity index (χ1) is 22.1. The Kier molecular flexibility index (Phi) is 9.19. The number of ether oxygens (including phenoxy) is 2. The maximum absolute atomic E-state index is 14.4. The summed E-state index contributed by atoms with van der Waals surface area (Å²) in [5.41, 5.74) is 0.913. The number of nitrogens with one attached hydrogen (secondary N) is 2. The van der Waals surface area contributed by atoms with E-state index in [2.05, 4.69) is 15.6 Å². The lowest BCUT2D eigenvalue weighted by atomic mass is 9.71. The van der Waals surface area contributed by atoms with Gasteiger partial charge >= 0.3 is 13.2 Å². The number of hydrogen-bond donors (Lipinski definition) is 3. The average molecular weight is 629 g/mol. The number of pyridine rings is 1. The van der Waals surface area contributed by atoms with Gasteiger partial charge in [0.2, 0.25) is 17.7 Å². The SMILES string of the molecule is CC(C)(C)[C@H](NC(=O)OC1CCCC1)C(=O)N1C[C@H](Oc2nccc3ccccc23)C[C@H]1C(=O)NC1B(O)OCc2ccccc21. The van der Waals surface area contributed by atoms with Crippen LogP contribution >= 0.6 is 0 Å². The number of carbonyl (C=O) groups excluding carboxylic acids is 3. The van der Waals surface area contributed by atoms with Crippen molar-refractivity contribution in [3.63, 3.8) is 0 Å². The average Bonchev–Trinajstić information content (AvgIpc) is 3.71. The fourth-order valence-electron chi connectivity index (χ4n) is 6.64. The first kappa shape index (κ1) is 31.8. The molecule has 2 aliphatic heterocycles. The molecule has 2 fully saturated rings. The molecule has 0 radical (unpaired) electrons. The normalized spacial score (nSPS) is 22.3. The van der Waals surface area contributed by atoms with Crippen molar-refractivity contribution in [3.05, 3.63) is 71.9 Å². The molecule has 11 nitrogen and oxygen atoms in total. The van der Waals surface area contributed by atoms with Crippen molar-refractivity contribution in [1.29, 1.82) is 0 Å². The highest BCUT2D eigenvalue weighted by Gasteiger charge is 2.47. The van der Waals surface area contributed by atoms with Gasteiger partial charge in [0.05, 0.1) is 19.1 Å². The van der Waals surface area contributed by atoms with E-state index in [4.69, 9.17) is 14.1 Å². The summed E-state index contributed by atoms with van der Waals surface area (Å²) >= 11 is 0. The molecule has 2 aromatic carbocycles. The van der Waals surface area contributed by atoms with E-state index in [-0.39, 0.29) is 25.7 Å². The number of nitrogens with zero attached hydrogens (tertiary/aromatic N) is 2. The molecule has 1 aliphatic carbocycles. The highest BCUT2D eigenvalue weighted by molar-refractivity contribution is 6.45. The number of carbonyl (C=O) groups is 3. The molecule has 1 saturated heterocycles. The second-order valence-corrected chi connectivity index (χ2v) is 13.5. The summed E-state index contributed by atoms with van der Waals surface area (Å²) in [5, 5.41) is 18.3. The van der Waals surface area contributed by atoms with Crippen molar-refractivity contribution < 1.29 is 33.5 Å². The van der Waals surface area contributed by atoms with Crippen molar-refractivity contribution in [2.45, 2.75) is 89.7 Å². The van der Waals surface area contributed by atoms with Crippen LogP contribution in [0.25, 0.3) is 10.8 Å². The van der Waals surface area contributed by atoms with Crippen LogP contribution in [0.2, 0.25) is 0 Å². The molecule has 1 unspecified atom stereocenters. The van der Waals surface area contributed by atoms with E-state index < -0.39 is 54.6 Å². The van der Waals surface area contributed by atoms with Crippen LogP contribution in [-0.4, -0.2) is 70.8 Å². The van der Waals surface area contributed by atoms with Crippen LogP contribution in [0.15, 0.2) is 60.8 Å². The largest absolute Gasteiger partial charge is 0.483 e. The Morgan fingerprint density at radius 3 is 2.57 bits per heavy atom. The molecular weight excluding hydrogens is 587 g/mol. The third kappa shape index (κ3) is 6.83. The fraction of sp³-hybridized carbons (Fsp3) is 0.471. The zero-order valence-electron chi connectivity index (χ0n) is 26.5. The molecule has 3 amide bonds. The summed E-state index contributed by atoms with van der Waals surface area (Å²) in [4.78, 5) is 47.3. The molecule has 3 N–H and O–H groups in total. The van der Waals surface area contributed by atoms with Crippen molar-refractivity contribution >= 4 is 35.8 Å². The highest BCUT2D eigenvalue weighted by atomic mass is 16.6. The van der Waals surface area contributed by atoms with Crippen LogP contribution < -0.4 is 15.4 Å². The van der Waals surface area contributed by atoms with Crippen LogP contribution in [0.1, 0.15) is 69.9 Å². The van der Waals surface area contributed by atoms with Gasteiger partial charge in [-0.25, -0.2) is 9.78 Å². The number of likely N-dealkylation sites (tertiary alicyclic amines) is 1. The van der Waals surface area contributed by atoms with Crippen LogP contribution in [0.4, 0.5) is 4.79 Å². The van der Waals surface area contributed by atoms with Crippen molar-refractivity contribution in [2.24, 2.45) is 5.41 Å². The Hall–Kier alpha value is -4.16. The van der Waals surface area contributed by atoms with Gasteiger partial charge in [0.1, 0.15) is 24.3 Å². The molecule has 46 heavy (non-hydrogen) atoms. The van der Waals surface area contributed by atoms with Gasteiger partial charge in [-0.3, -0.25) is 9.59 Å². The van der Waals surface area contributed by atoms with E-state index in [1.165, 1.54) is 4.90 Å². The van der Waals surface area contributed by atoms with Crippen LogP contribution in [-0.2, 0) is 25.6 Å². The summed E-state index contributed by atoms with van der Waals surface area (Å²) < 4.78 is 17.6. The Morgan fingerprint density at radius 2 is 1.78 bits per heavy atom. The second-order valence-electron chi connectivity index (χ2n) is 13.5. The van der Waals surface area contributed by atoms with Crippen LogP contribution in [0, 0.1) is 5.41 Å². The van der Waals surface area contributed by atoms with Crippen LogP contribution in [0.3, 0.4) is 0 Å². The molecule has 3 heterocycles. The molecule has 242 valence electrons. The van der Waals surface area contributed by atoms with E-state index in [1.54, 1.807) is 6.20 Å². The van der Waals surface area contributed by atoms with E-state index in [9.17, 15) is 19.4 Å². The maximum Gasteiger partial charge on any atom is 0.483 e. The number of alkyl carbamates (subject to hydrolysis) is 1. The number of benzene rings is 2. The van der Waals surface area contributed by atoms with Gasteiger partial charge in [-0.05, 0) is 59.7 Å². The third-order valence-electron chi connectivity index (χ3n) is 9.10. The van der Waals surface area contributed by atoms with Crippen molar-refractivity contribution in [2.75, 3.05) is 6.54 Å². The standard InChI is InChI=1S/C34H41BN4O7/c1-34(2,3)28(37-33(42)46-23-12-6-7-13-23)32(41)39-19-24(45-31-26-15-9-4-10-21(26)16-17-36-31)18-27(39)30(40)38-29-25-14-8-5-11-22(25)20-44-35(29)43/h4-5,8-11,14-17,23-24,27-29,43H,6-7,12-13,18-20H2,1-3H3,(H,37,42)(H,38,40)/t24-,27+,28-,29?/m1/s1. The maximum atomic E-state index is 14.4. The Labute approximate surface area is 269 Å². The van der Waals surface area contributed by atoms with Gasteiger partial charge in [-0.15, -0.1) is 0 Å². The Bertz CT molecular complexity index is 1590. The van der Waals surface area contributed by atoms with Crippen molar-refractivity contribution in [1.82, 2.24) is 20.5 Å². The summed E-state index contributed by atoms with van der Waals surface area (Å²) in [6.07, 6.45) is 4.07. The Balaban J connectivity index is 1.27. The molecule has 3 aliphatic rings. The predicted molar refractivity (Wildman–Crippen MR) is 171 cm³/mol. The molecule has 3 aromatic rings. The predicted octanol–water partition coefficient (Wildman–Crippen LogP) is 4.07. The molecular formula is C34H41BN4O7. The first-order valence-electron chi connectivity index (χ1n) is 16.0. The molecule has 0 spiro atoms. The van der Waals surface area contributed by atoms with E-state index in [0.29, 0.717) is 5.88 Å². The fourth-order valence-corrected chi connectivity index (χ4v) is 6.64. The second kappa shape index (κ2) is 13.3. The number of hydrogen-bond acceptors (Lipinski definition) is 8. The number of aromatic nitrogens is 1. The molecule has 12 heteroatoms.